The molecule has 0 saturated heterocycles. The highest BCUT2D eigenvalue weighted by Crippen LogP contribution is 2.33. The SMILES string of the molecule is Cc1ccc(S(=O)(=O)NC2(CO)CCC2)cc1C(N)=O. The van der Waals surface area contributed by atoms with Gasteiger partial charge < -0.3 is 10.8 Å². The fraction of sp³-hybridized carbons (Fsp3) is 0.462. The summed E-state index contributed by atoms with van der Waals surface area (Å²) in [5.74, 6) is -0.667. The number of primary amides is 1. The summed E-state index contributed by atoms with van der Waals surface area (Å²) in [4.78, 5) is 11.3. The average Bonchev–Trinajstić information content (AvgIpc) is 2.34. The molecule has 6 nitrogen and oxygen atoms in total. The van der Waals surface area contributed by atoms with Gasteiger partial charge in [-0.3, -0.25) is 4.79 Å². The zero-order chi connectivity index (χ0) is 15.0. The maximum atomic E-state index is 12.3. The summed E-state index contributed by atoms with van der Waals surface area (Å²) in [7, 11) is -3.78. The number of rotatable bonds is 5. The second kappa shape index (κ2) is 5.16. The molecule has 0 atom stereocenters. The van der Waals surface area contributed by atoms with Crippen LogP contribution >= 0.6 is 0 Å². The predicted octanol–water partition coefficient (Wildman–Crippen LogP) is 0.287. The molecule has 0 radical (unpaired) electrons. The summed E-state index contributed by atoms with van der Waals surface area (Å²) in [6.45, 7) is 1.45. The zero-order valence-electron chi connectivity index (χ0n) is 11.2. The van der Waals surface area contributed by atoms with Crippen molar-refractivity contribution in [1.82, 2.24) is 4.72 Å². The topological polar surface area (TPSA) is 109 Å². The summed E-state index contributed by atoms with van der Waals surface area (Å²) in [5, 5.41) is 9.33. The number of hydrogen-bond acceptors (Lipinski definition) is 4. The van der Waals surface area contributed by atoms with Crippen molar-refractivity contribution in [3.05, 3.63) is 29.3 Å². The van der Waals surface area contributed by atoms with Gasteiger partial charge in [0.1, 0.15) is 0 Å². The van der Waals surface area contributed by atoms with Crippen LogP contribution in [0.4, 0.5) is 0 Å². The van der Waals surface area contributed by atoms with Crippen molar-refractivity contribution >= 4 is 15.9 Å². The van der Waals surface area contributed by atoms with Crippen LogP contribution in [0.25, 0.3) is 0 Å². The highest BCUT2D eigenvalue weighted by atomic mass is 32.2. The summed E-state index contributed by atoms with van der Waals surface area (Å²) >= 11 is 0. The van der Waals surface area contributed by atoms with Gasteiger partial charge in [-0.05, 0) is 43.9 Å². The molecule has 110 valence electrons. The van der Waals surface area contributed by atoms with E-state index in [2.05, 4.69) is 4.72 Å². The quantitative estimate of drug-likeness (QED) is 0.725. The van der Waals surface area contributed by atoms with Crippen LogP contribution in [-0.4, -0.2) is 31.6 Å². The molecule has 7 heteroatoms. The van der Waals surface area contributed by atoms with Gasteiger partial charge >= 0.3 is 0 Å². The molecule has 0 aliphatic heterocycles. The van der Waals surface area contributed by atoms with Crippen molar-refractivity contribution in [3.63, 3.8) is 0 Å². The van der Waals surface area contributed by atoms with E-state index in [0.717, 1.165) is 6.42 Å². The summed E-state index contributed by atoms with van der Waals surface area (Å²) in [6, 6.07) is 4.23. The Morgan fingerprint density at radius 2 is 2.10 bits per heavy atom. The molecule has 0 bridgehead atoms. The number of sulfonamides is 1. The first-order valence-electron chi connectivity index (χ1n) is 6.35. The zero-order valence-corrected chi connectivity index (χ0v) is 12.0. The molecule has 1 aromatic rings. The molecule has 20 heavy (non-hydrogen) atoms. The Morgan fingerprint density at radius 3 is 2.55 bits per heavy atom. The van der Waals surface area contributed by atoms with E-state index in [-0.39, 0.29) is 17.1 Å². The van der Waals surface area contributed by atoms with Crippen LogP contribution in [0, 0.1) is 6.92 Å². The van der Waals surface area contributed by atoms with E-state index in [0.29, 0.717) is 18.4 Å². The Hall–Kier alpha value is -1.44. The number of amides is 1. The Bertz CT molecular complexity index is 630. The monoisotopic (exact) mass is 298 g/mol. The summed E-state index contributed by atoms with van der Waals surface area (Å²) in [6.07, 6.45) is 2.10. The molecular formula is C13H18N2O4S. The van der Waals surface area contributed by atoms with Gasteiger partial charge in [-0.25, -0.2) is 13.1 Å². The summed E-state index contributed by atoms with van der Waals surface area (Å²) < 4.78 is 27.2. The molecule has 0 aromatic heterocycles. The van der Waals surface area contributed by atoms with Crippen molar-refractivity contribution in [3.8, 4) is 0 Å². The predicted molar refractivity (Wildman–Crippen MR) is 73.7 cm³/mol. The highest BCUT2D eigenvalue weighted by Gasteiger charge is 2.40. The molecule has 1 saturated carbocycles. The van der Waals surface area contributed by atoms with E-state index in [1.54, 1.807) is 13.0 Å². The van der Waals surface area contributed by atoms with E-state index >= 15 is 0 Å². The molecule has 1 aromatic carbocycles. The maximum Gasteiger partial charge on any atom is 0.249 e. The Kier molecular flexibility index (Phi) is 3.86. The van der Waals surface area contributed by atoms with E-state index in [1.807, 2.05) is 0 Å². The normalized spacial score (nSPS) is 17.5. The Balaban J connectivity index is 2.35. The average molecular weight is 298 g/mol. The third-order valence-electron chi connectivity index (χ3n) is 3.75. The first-order valence-corrected chi connectivity index (χ1v) is 7.83. The van der Waals surface area contributed by atoms with Crippen molar-refractivity contribution < 1.29 is 18.3 Å². The minimum Gasteiger partial charge on any atom is -0.394 e. The van der Waals surface area contributed by atoms with Crippen LogP contribution in [0.1, 0.15) is 35.2 Å². The van der Waals surface area contributed by atoms with E-state index < -0.39 is 21.5 Å². The third-order valence-corrected chi connectivity index (χ3v) is 5.33. The lowest BCUT2D eigenvalue weighted by Crippen LogP contribution is -2.55. The molecule has 1 aliphatic rings. The van der Waals surface area contributed by atoms with Gasteiger partial charge in [0.15, 0.2) is 0 Å². The Labute approximate surface area is 118 Å². The molecule has 1 fully saturated rings. The van der Waals surface area contributed by atoms with Crippen LogP contribution < -0.4 is 10.5 Å². The van der Waals surface area contributed by atoms with Gasteiger partial charge in [0.05, 0.1) is 17.0 Å². The van der Waals surface area contributed by atoms with E-state index in [9.17, 15) is 18.3 Å². The number of benzene rings is 1. The molecule has 0 spiro atoms. The molecule has 1 aliphatic carbocycles. The fourth-order valence-corrected chi connectivity index (χ4v) is 3.75. The minimum absolute atomic E-state index is 0.0170. The third kappa shape index (κ3) is 2.70. The first kappa shape index (κ1) is 15.0. The van der Waals surface area contributed by atoms with Gasteiger partial charge in [0.2, 0.25) is 15.9 Å². The molecule has 2 rings (SSSR count). The van der Waals surface area contributed by atoms with Crippen LogP contribution in [0.3, 0.4) is 0 Å². The van der Waals surface area contributed by atoms with Crippen molar-refractivity contribution in [2.75, 3.05) is 6.61 Å². The second-order valence-corrected chi connectivity index (χ2v) is 6.92. The lowest BCUT2D eigenvalue weighted by atomic mass is 9.78. The fourth-order valence-electron chi connectivity index (χ4n) is 2.27. The number of carbonyl (C=O) groups excluding carboxylic acids is 1. The van der Waals surface area contributed by atoms with Crippen molar-refractivity contribution in [2.24, 2.45) is 5.73 Å². The molecule has 4 N–H and O–H groups in total. The maximum absolute atomic E-state index is 12.3. The first-order chi connectivity index (χ1) is 9.30. The van der Waals surface area contributed by atoms with Crippen LogP contribution in [-0.2, 0) is 10.0 Å². The van der Waals surface area contributed by atoms with Crippen LogP contribution in [0.2, 0.25) is 0 Å². The van der Waals surface area contributed by atoms with Gasteiger partial charge in [0, 0.05) is 5.56 Å². The Morgan fingerprint density at radius 1 is 1.45 bits per heavy atom. The molecule has 0 heterocycles. The molecule has 1 amide bonds. The second-order valence-electron chi connectivity index (χ2n) is 5.24. The number of aliphatic hydroxyl groups is 1. The lowest BCUT2D eigenvalue weighted by Gasteiger charge is -2.40. The number of aliphatic hydroxyl groups excluding tert-OH is 1. The number of hydrogen-bond donors (Lipinski definition) is 3. The minimum atomic E-state index is -3.78. The van der Waals surface area contributed by atoms with Crippen LogP contribution in [0.5, 0.6) is 0 Å². The van der Waals surface area contributed by atoms with Crippen LogP contribution in [0.15, 0.2) is 23.1 Å². The van der Waals surface area contributed by atoms with Gasteiger partial charge in [-0.1, -0.05) is 6.07 Å². The van der Waals surface area contributed by atoms with E-state index in [1.165, 1.54) is 12.1 Å². The summed E-state index contributed by atoms with van der Waals surface area (Å²) in [5.41, 5.74) is 5.26. The molecular weight excluding hydrogens is 280 g/mol. The van der Waals surface area contributed by atoms with Crippen molar-refractivity contribution in [1.29, 1.82) is 0 Å². The van der Waals surface area contributed by atoms with Crippen molar-refractivity contribution in [2.45, 2.75) is 36.6 Å². The number of nitrogens with one attached hydrogen (secondary N) is 1. The van der Waals surface area contributed by atoms with Gasteiger partial charge in [-0.15, -0.1) is 0 Å². The number of carbonyl (C=O) groups is 1. The van der Waals surface area contributed by atoms with Gasteiger partial charge in [0.25, 0.3) is 0 Å². The number of aryl methyl sites for hydroxylation is 1. The largest absolute Gasteiger partial charge is 0.394 e. The lowest BCUT2D eigenvalue weighted by molar-refractivity contribution is 0.0999. The molecule has 0 unspecified atom stereocenters. The smallest absolute Gasteiger partial charge is 0.249 e. The van der Waals surface area contributed by atoms with Gasteiger partial charge in [-0.2, -0.15) is 0 Å². The highest BCUT2D eigenvalue weighted by molar-refractivity contribution is 7.89. The standard InChI is InChI=1S/C13H18N2O4S/c1-9-3-4-10(7-11(9)12(14)17)20(18,19)15-13(8-16)5-2-6-13/h3-4,7,15-16H,2,5-6,8H2,1H3,(H2,14,17). The number of nitrogens with two attached hydrogens (primary N) is 1. The van der Waals surface area contributed by atoms with E-state index in [4.69, 9.17) is 5.73 Å².